The van der Waals surface area contributed by atoms with Crippen molar-refractivity contribution in [3.8, 4) is 0 Å². The van der Waals surface area contributed by atoms with Crippen LogP contribution in [0.4, 0.5) is 0 Å². The van der Waals surface area contributed by atoms with Crippen molar-refractivity contribution >= 4 is 22.8 Å². The van der Waals surface area contributed by atoms with E-state index in [1.807, 2.05) is 19.2 Å². The van der Waals surface area contributed by atoms with Crippen LogP contribution in [0.15, 0.2) is 30.1 Å². The number of ether oxygens (including phenoxy) is 1. The lowest BCUT2D eigenvalue weighted by Crippen LogP contribution is -2.09. The van der Waals surface area contributed by atoms with Crippen LogP contribution >= 0.6 is 0 Å². The van der Waals surface area contributed by atoms with E-state index >= 15 is 0 Å². The number of carbonyl (C=O) groups excluding carboxylic acids is 1. The summed E-state index contributed by atoms with van der Waals surface area (Å²) in [5, 5.41) is 8.77. The molecule has 0 radical (unpaired) electrons. The average molecular weight is 339 g/mol. The van der Waals surface area contributed by atoms with Crippen LogP contribution in [-0.4, -0.2) is 37.1 Å². The largest absolute Gasteiger partial charge is 0.463 e. The molecular formula is C18H21N5O2. The van der Waals surface area contributed by atoms with Crippen molar-refractivity contribution in [3.63, 3.8) is 0 Å². The molecule has 0 aliphatic heterocycles. The van der Waals surface area contributed by atoms with Crippen LogP contribution in [0.3, 0.4) is 0 Å². The molecule has 25 heavy (non-hydrogen) atoms. The fourth-order valence-electron chi connectivity index (χ4n) is 3.85. The quantitative estimate of drug-likeness (QED) is 0.583. The number of H-pyrrole nitrogens is 1. The molecule has 1 aliphatic carbocycles. The molecule has 7 heteroatoms. The number of rotatable bonds is 4. The number of allylic oxidation sites excluding steroid dienone is 1. The highest BCUT2D eigenvalue weighted by molar-refractivity contribution is 5.83. The molecule has 0 spiro atoms. The Morgan fingerprint density at radius 3 is 3.08 bits per heavy atom. The number of nitrogens with one attached hydrogen (secondary N) is 1. The van der Waals surface area contributed by atoms with Crippen LogP contribution in [0.25, 0.3) is 16.8 Å². The Kier molecular flexibility index (Phi) is 3.99. The molecule has 0 aromatic carbocycles. The minimum absolute atomic E-state index is 0.237. The summed E-state index contributed by atoms with van der Waals surface area (Å²) in [6.07, 6.45) is 8.01. The van der Waals surface area contributed by atoms with E-state index < -0.39 is 0 Å². The zero-order valence-corrected chi connectivity index (χ0v) is 14.4. The van der Waals surface area contributed by atoms with Crippen LogP contribution in [0.1, 0.15) is 44.9 Å². The maximum Gasteiger partial charge on any atom is 0.330 e. The Morgan fingerprint density at radius 1 is 1.40 bits per heavy atom. The fourth-order valence-corrected chi connectivity index (χ4v) is 3.85. The Balaban J connectivity index is 1.74. The molecule has 1 aliphatic rings. The van der Waals surface area contributed by atoms with Gasteiger partial charge in [0.05, 0.1) is 18.3 Å². The molecule has 7 nitrogen and oxygen atoms in total. The van der Waals surface area contributed by atoms with E-state index in [1.54, 1.807) is 12.3 Å². The number of carbonyl (C=O) groups is 1. The highest BCUT2D eigenvalue weighted by Crippen LogP contribution is 2.44. The van der Waals surface area contributed by atoms with Crippen LogP contribution in [0.2, 0.25) is 0 Å². The Morgan fingerprint density at radius 2 is 2.28 bits per heavy atom. The van der Waals surface area contributed by atoms with Gasteiger partial charge in [0.1, 0.15) is 5.82 Å². The number of nitrogens with zero attached hydrogens (tertiary/aromatic N) is 4. The smallest absolute Gasteiger partial charge is 0.330 e. The molecule has 1 N–H and O–H groups in total. The minimum Gasteiger partial charge on any atom is -0.463 e. The van der Waals surface area contributed by atoms with Crippen molar-refractivity contribution < 1.29 is 9.53 Å². The van der Waals surface area contributed by atoms with Crippen LogP contribution in [-0.2, 0) is 9.53 Å². The van der Waals surface area contributed by atoms with Gasteiger partial charge in [-0.25, -0.2) is 9.78 Å². The van der Waals surface area contributed by atoms with E-state index in [1.165, 1.54) is 0 Å². The van der Waals surface area contributed by atoms with Crippen LogP contribution in [0, 0.1) is 5.92 Å². The number of fused-ring (bicyclic) bond motifs is 3. The second-order valence-corrected chi connectivity index (χ2v) is 6.46. The number of hydrogen-bond donors (Lipinski definition) is 1. The summed E-state index contributed by atoms with van der Waals surface area (Å²) in [6.45, 7) is 4.40. The molecule has 2 unspecified atom stereocenters. The SMILES string of the molecule is CCOC(=O)C=C1CC(CC)C(c2nnc3cnc4[nH]ccc4n23)C1. The van der Waals surface area contributed by atoms with E-state index in [0.29, 0.717) is 12.5 Å². The molecule has 2 atom stereocenters. The molecule has 0 amide bonds. The predicted octanol–water partition coefficient (Wildman–Crippen LogP) is 3.00. The maximum absolute atomic E-state index is 11.8. The van der Waals surface area contributed by atoms with Gasteiger partial charge in [0.15, 0.2) is 11.3 Å². The molecular weight excluding hydrogens is 318 g/mol. The van der Waals surface area contributed by atoms with Gasteiger partial charge in [-0.05, 0) is 31.7 Å². The van der Waals surface area contributed by atoms with Crippen molar-refractivity contribution in [1.82, 2.24) is 24.6 Å². The van der Waals surface area contributed by atoms with Gasteiger partial charge in [0, 0.05) is 18.2 Å². The van der Waals surface area contributed by atoms with Crippen molar-refractivity contribution in [1.29, 1.82) is 0 Å². The zero-order valence-electron chi connectivity index (χ0n) is 14.4. The summed E-state index contributed by atoms with van der Waals surface area (Å²) in [5.41, 5.74) is 3.68. The van der Waals surface area contributed by atoms with E-state index in [-0.39, 0.29) is 11.9 Å². The average Bonchev–Trinajstić information content (AvgIpc) is 3.31. The monoisotopic (exact) mass is 339 g/mol. The van der Waals surface area contributed by atoms with Crippen LogP contribution in [0.5, 0.6) is 0 Å². The van der Waals surface area contributed by atoms with Gasteiger partial charge < -0.3 is 9.72 Å². The summed E-state index contributed by atoms with van der Waals surface area (Å²) >= 11 is 0. The van der Waals surface area contributed by atoms with Crippen LogP contribution < -0.4 is 0 Å². The van der Waals surface area contributed by atoms with Gasteiger partial charge >= 0.3 is 5.97 Å². The Hall–Kier alpha value is -2.70. The number of aromatic nitrogens is 5. The van der Waals surface area contributed by atoms with Gasteiger partial charge in [-0.2, -0.15) is 0 Å². The molecule has 0 saturated heterocycles. The number of hydrogen-bond acceptors (Lipinski definition) is 5. The van der Waals surface area contributed by atoms with Crippen molar-refractivity contribution in [2.75, 3.05) is 6.61 Å². The summed E-state index contributed by atoms with van der Waals surface area (Å²) in [6, 6.07) is 1.99. The highest BCUT2D eigenvalue weighted by atomic mass is 16.5. The Labute approximate surface area is 145 Å². The van der Waals surface area contributed by atoms with Crippen molar-refractivity contribution in [2.45, 2.75) is 39.0 Å². The molecule has 3 heterocycles. The van der Waals surface area contributed by atoms with E-state index in [2.05, 4.69) is 31.5 Å². The van der Waals surface area contributed by atoms with Gasteiger partial charge in [0.25, 0.3) is 0 Å². The third-order valence-electron chi connectivity index (χ3n) is 5.01. The number of esters is 1. The third kappa shape index (κ3) is 2.69. The predicted molar refractivity (Wildman–Crippen MR) is 93.1 cm³/mol. The second-order valence-electron chi connectivity index (χ2n) is 6.46. The molecule has 1 saturated carbocycles. The second kappa shape index (κ2) is 6.31. The van der Waals surface area contributed by atoms with Gasteiger partial charge in [0.2, 0.25) is 0 Å². The first-order valence-corrected chi connectivity index (χ1v) is 8.74. The lowest BCUT2D eigenvalue weighted by Gasteiger charge is -2.15. The normalized spacial score (nSPS) is 22.2. The van der Waals surface area contributed by atoms with Gasteiger partial charge in [-0.15, -0.1) is 10.2 Å². The summed E-state index contributed by atoms with van der Waals surface area (Å²) in [4.78, 5) is 19.3. The lowest BCUT2D eigenvalue weighted by molar-refractivity contribution is -0.137. The molecule has 3 aromatic rings. The maximum atomic E-state index is 11.8. The highest BCUT2D eigenvalue weighted by Gasteiger charge is 2.34. The summed E-state index contributed by atoms with van der Waals surface area (Å²) < 4.78 is 7.14. The zero-order chi connectivity index (χ0) is 17.4. The Bertz CT molecular complexity index is 955. The topological polar surface area (TPSA) is 85.2 Å². The first kappa shape index (κ1) is 15.8. The first-order chi connectivity index (χ1) is 12.2. The minimum atomic E-state index is -0.253. The van der Waals surface area contributed by atoms with Gasteiger partial charge in [-0.3, -0.25) is 4.40 Å². The van der Waals surface area contributed by atoms with E-state index in [4.69, 9.17) is 4.74 Å². The standard InChI is InChI=1S/C18H21N5O2/c1-3-12-7-11(9-16(24)25-4-2)8-13(12)18-22-21-15-10-20-17-14(23(15)18)5-6-19-17/h5-6,9-10,12-13,19H,3-4,7-8H2,1-2H3. The molecule has 0 bridgehead atoms. The van der Waals surface area contributed by atoms with Crippen molar-refractivity contribution in [3.05, 3.63) is 35.9 Å². The first-order valence-electron chi connectivity index (χ1n) is 8.74. The van der Waals surface area contributed by atoms with Crippen molar-refractivity contribution in [2.24, 2.45) is 5.92 Å². The number of aromatic amines is 1. The summed E-state index contributed by atoms with van der Waals surface area (Å²) in [7, 11) is 0. The molecule has 3 aromatic heterocycles. The van der Waals surface area contributed by atoms with E-state index in [9.17, 15) is 4.79 Å². The molecule has 1 fully saturated rings. The fraction of sp³-hybridized carbons (Fsp3) is 0.444. The summed E-state index contributed by atoms with van der Waals surface area (Å²) in [5.74, 6) is 1.37. The molecule has 4 rings (SSSR count). The van der Waals surface area contributed by atoms with Gasteiger partial charge in [-0.1, -0.05) is 18.9 Å². The lowest BCUT2D eigenvalue weighted by atomic mass is 9.93. The van der Waals surface area contributed by atoms with E-state index in [0.717, 1.165) is 47.5 Å². The third-order valence-corrected chi connectivity index (χ3v) is 5.01. The molecule has 130 valence electrons.